The third-order valence-electron chi connectivity index (χ3n) is 2.96. The molecule has 1 atom stereocenters. The molecule has 0 saturated carbocycles. The Morgan fingerprint density at radius 1 is 1.14 bits per heavy atom. The van der Waals surface area contributed by atoms with Crippen LogP contribution in [-0.2, 0) is 25.5 Å². The van der Waals surface area contributed by atoms with Crippen molar-refractivity contribution in [3.05, 3.63) is 29.8 Å². The minimum atomic E-state index is -1.32. The molecule has 122 valence electrons. The molecule has 22 heavy (non-hydrogen) atoms. The van der Waals surface area contributed by atoms with Gasteiger partial charge >= 0.3 is 11.9 Å². The maximum Gasteiger partial charge on any atom is 0.351 e. The third-order valence-corrected chi connectivity index (χ3v) is 4.94. The van der Waals surface area contributed by atoms with Gasteiger partial charge in [0, 0.05) is 4.90 Å². The first-order valence-corrected chi connectivity index (χ1v) is 8.23. The Kier molecular flexibility index (Phi) is 7.24. The standard InChI is InChI=1S/C16H21FO4S/c1-11(2)9-12-7-5-6-8-13(12)22(10-17)14(15(18)20-3)16(19)21-4/h5-8,11H,9-10H2,1-4H3. The van der Waals surface area contributed by atoms with Crippen LogP contribution in [0.1, 0.15) is 19.4 Å². The van der Waals surface area contributed by atoms with Crippen LogP contribution in [-0.4, -0.2) is 37.0 Å². The molecule has 0 radical (unpaired) electrons. The van der Waals surface area contributed by atoms with Crippen LogP contribution in [0.4, 0.5) is 4.39 Å². The molecule has 1 unspecified atom stereocenters. The Morgan fingerprint density at radius 2 is 1.68 bits per heavy atom. The second kappa shape index (κ2) is 8.68. The van der Waals surface area contributed by atoms with E-state index in [4.69, 9.17) is 0 Å². The summed E-state index contributed by atoms with van der Waals surface area (Å²) >= 11 is 0. The van der Waals surface area contributed by atoms with Gasteiger partial charge in [0.15, 0.2) is 4.86 Å². The number of ether oxygens (including phenoxy) is 2. The predicted molar refractivity (Wildman–Crippen MR) is 85.9 cm³/mol. The minimum absolute atomic E-state index is 0.288. The SMILES string of the molecule is COC(=O)C(C(=O)OC)=S(CF)c1ccccc1CC(C)C. The van der Waals surface area contributed by atoms with E-state index in [2.05, 4.69) is 23.3 Å². The highest BCUT2D eigenvalue weighted by molar-refractivity contribution is 8.17. The number of carbonyl (C=O) groups is 2. The van der Waals surface area contributed by atoms with Crippen molar-refractivity contribution in [1.29, 1.82) is 0 Å². The van der Waals surface area contributed by atoms with Gasteiger partial charge in [-0.2, -0.15) is 0 Å². The van der Waals surface area contributed by atoms with Crippen molar-refractivity contribution < 1.29 is 23.5 Å². The van der Waals surface area contributed by atoms with E-state index in [-0.39, 0.29) is 4.86 Å². The molecule has 1 rings (SSSR count). The van der Waals surface area contributed by atoms with Gasteiger partial charge in [-0.3, -0.25) is 0 Å². The normalized spacial score (nSPS) is 11.9. The number of hydrogen-bond acceptors (Lipinski definition) is 4. The molecule has 1 aromatic carbocycles. The van der Waals surface area contributed by atoms with E-state index in [1.807, 2.05) is 12.1 Å². The molecule has 0 spiro atoms. The molecule has 0 bridgehead atoms. The van der Waals surface area contributed by atoms with E-state index in [0.29, 0.717) is 10.8 Å². The summed E-state index contributed by atoms with van der Waals surface area (Å²) in [5.74, 6) is -1.34. The maximum absolute atomic E-state index is 13.7. The zero-order valence-corrected chi connectivity index (χ0v) is 14.0. The number of esters is 2. The van der Waals surface area contributed by atoms with Gasteiger partial charge in [0.05, 0.1) is 14.2 Å². The Morgan fingerprint density at radius 3 is 2.14 bits per heavy atom. The Hall–Kier alpha value is -1.69. The summed E-state index contributed by atoms with van der Waals surface area (Å²) in [5, 5.41) is 0. The smallest absolute Gasteiger partial charge is 0.351 e. The van der Waals surface area contributed by atoms with E-state index in [9.17, 15) is 14.0 Å². The van der Waals surface area contributed by atoms with E-state index in [1.54, 1.807) is 12.1 Å². The van der Waals surface area contributed by atoms with Crippen molar-refractivity contribution in [2.45, 2.75) is 25.2 Å². The van der Waals surface area contributed by atoms with Gasteiger partial charge in [0.25, 0.3) is 0 Å². The number of benzene rings is 1. The molecule has 0 N–H and O–H groups in total. The lowest BCUT2D eigenvalue weighted by molar-refractivity contribution is -0.137. The maximum atomic E-state index is 13.7. The fourth-order valence-corrected chi connectivity index (χ4v) is 3.77. The van der Waals surface area contributed by atoms with Crippen LogP contribution in [0.25, 0.3) is 0 Å². The quantitative estimate of drug-likeness (QED) is 0.458. The van der Waals surface area contributed by atoms with Crippen LogP contribution in [0.15, 0.2) is 29.2 Å². The Bertz CT molecular complexity index is 563. The second-order valence-electron chi connectivity index (χ2n) is 5.02. The zero-order chi connectivity index (χ0) is 16.7. The van der Waals surface area contributed by atoms with Crippen molar-refractivity contribution in [2.75, 3.05) is 20.2 Å². The van der Waals surface area contributed by atoms with Crippen LogP contribution < -0.4 is 0 Å². The summed E-state index contributed by atoms with van der Waals surface area (Å²) in [6, 6.07) is 6.40. The summed E-state index contributed by atoms with van der Waals surface area (Å²) in [5.41, 5.74) is 0.920. The number of hydrogen-bond donors (Lipinski definition) is 0. The summed E-state index contributed by atoms with van der Waals surface area (Å²) in [6.45, 7) is 4.10. The largest absolute Gasteiger partial charge is 0.465 e. The number of methoxy groups -OCH3 is 2. The first-order valence-electron chi connectivity index (χ1n) is 6.84. The van der Waals surface area contributed by atoms with Gasteiger partial charge in [-0.25, -0.2) is 14.0 Å². The van der Waals surface area contributed by atoms with Crippen LogP contribution >= 0.6 is 10.5 Å². The van der Waals surface area contributed by atoms with Crippen molar-refractivity contribution in [1.82, 2.24) is 0 Å². The molecule has 0 aliphatic heterocycles. The lowest BCUT2D eigenvalue weighted by atomic mass is 10.0. The summed E-state index contributed by atoms with van der Waals surface area (Å²) in [7, 11) is 0.996. The van der Waals surface area contributed by atoms with Gasteiger partial charge in [-0.15, -0.1) is 10.5 Å². The van der Waals surface area contributed by atoms with Gasteiger partial charge in [0.1, 0.15) is 6.01 Å². The van der Waals surface area contributed by atoms with Crippen molar-refractivity contribution in [3.63, 3.8) is 0 Å². The third kappa shape index (κ3) is 4.40. The van der Waals surface area contributed by atoms with Gasteiger partial charge in [-0.05, 0) is 24.0 Å². The molecule has 4 nitrogen and oxygen atoms in total. The zero-order valence-electron chi connectivity index (χ0n) is 13.2. The lowest BCUT2D eigenvalue weighted by Crippen LogP contribution is -2.27. The van der Waals surface area contributed by atoms with Crippen LogP contribution in [0.5, 0.6) is 0 Å². The summed E-state index contributed by atoms with van der Waals surface area (Å²) < 4.78 is 22.9. The molecular formula is C16H21FO4S. The molecule has 0 aliphatic rings. The van der Waals surface area contributed by atoms with Crippen LogP contribution in [0.2, 0.25) is 0 Å². The van der Waals surface area contributed by atoms with Crippen LogP contribution in [0.3, 0.4) is 0 Å². The topological polar surface area (TPSA) is 52.6 Å². The average Bonchev–Trinajstić information content (AvgIpc) is 2.51. The summed E-state index contributed by atoms with van der Waals surface area (Å²) in [4.78, 5) is 24.2. The molecule has 0 fully saturated rings. The molecule has 0 saturated heterocycles. The molecule has 0 aromatic heterocycles. The van der Waals surface area contributed by atoms with Gasteiger partial charge in [0.2, 0.25) is 0 Å². The second-order valence-corrected chi connectivity index (χ2v) is 6.87. The predicted octanol–water partition coefficient (Wildman–Crippen LogP) is 2.96. The molecule has 6 heteroatoms. The van der Waals surface area contributed by atoms with E-state index in [1.165, 1.54) is 0 Å². The van der Waals surface area contributed by atoms with E-state index in [0.717, 1.165) is 26.2 Å². The van der Waals surface area contributed by atoms with Crippen molar-refractivity contribution >= 4 is 27.3 Å². The van der Waals surface area contributed by atoms with E-state index >= 15 is 0 Å². The van der Waals surface area contributed by atoms with Gasteiger partial charge in [-0.1, -0.05) is 32.0 Å². The average molecular weight is 328 g/mol. The lowest BCUT2D eigenvalue weighted by Gasteiger charge is -2.16. The van der Waals surface area contributed by atoms with Crippen molar-refractivity contribution in [2.24, 2.45) is 5.92 Å². The highest BCUT2D eigenvalue weighted by atomic mass is 32.2. The van der Waals surface area contributed by atoms with E-state index < -0.39 is 28.4 Å². The highest BCUT2D eigenvalue weighted by Gasteiger charge is 2.26. The highest BCUT2D eigenvalue weighted by Crippen LogP contribution is 2.33. The number of halogens is 1. The molecule has 0 aliphatic carbocycles. The fourth-order valence-electron chi connectivity index (χ4n) is 2.05. The number of carbonyl (C=O) groups excluding carboxylic acids is 2. The fraction of sp³-hybridized carbons (Fsp3) is 0.438. The first-order chi connectivity index (χ1) is 10.5. The molecule has 0 heterocycles. The monoisotopic (exact) mass is 328 g/mol. The summed E-state index contributed by atoms with van der Waals surface area (Å²) in [6.07, 6.45) is 0.731. The van der Waals surface area contributed by atoms with Crippen LogP contribution in [0, 0.1) is 5.92 Å². The molecule has 0 amide bonds. The minimum Gasteiger partial charge on any atom is -0.465 e. The molecule has 1 aromatic rings. The van der Waals surface area contributed by atoms with Crippen molar-refractivity contribution in [3.8, 4) is 0 Å². The van der Waals surface area contributed by atoms with Gasteiger partial charge < -0.3 is 9.47 Å². The Balaban J connectivity index is 3.54. The number of rotatable bonds is 6. The number of alkyl halides is 1. The Labute approximate surface area is 132 Å². The first kappa shape index (κ1) is 18.4. The molecular weight excluding hydrogens is 307 g/mol.